The molecule has 32 heavy (non-hydrogen) atoms. The molecule has 1 nitrogen and oxygen atoms in total. The molecule has 2 aliphatic rings. The minimum atomic E-state index is -4.89. The first-order valence-corrected chi connectivity index (χ1v) is 12.0. The average Bonchev–Trinajstić information content (AvgIpc) is 2.77. The summed E-state index contributed by atoms with van der Waals surface area (Å²) in [6.45, 7) is 2.26. The molecule has 0 heterocycles. The Hall–Kier alpha value is -2.04. The average molecular weight is 449 g/mol. The van der Waals surface area contributed by atoms with E-state index in [4.69, 9.17) is 0 Å². The lowest BCUT2D eigenvalue weighted by molar-refractivity contribution is -0.275. The third kappa shape index (κ3) is 5.65. The minimum Gasteiger partial charge on any atom is -0.403 e. The standard InChI is InChI=1S/C27H32F4O/c1-2-3-4-18-5-7-19(8-6-18)20-9-11-21(12-10-20)22-13-14-23-17-26(32-27(29,30)31)25(28)16-24(23)15-22/h9-12,16-19,22H,2-8,13-15H2,1H3. The topological polar surface area (TPSA) is 9.23 Å². The fourth-order valence-electron chi connectivity index (χ4n) is 5.56. The molecule has 1 fully saturated rings. The molecule has 1 atom stereocenters. The second-order valence-electron chi connectivity index (χ2n) is 9.57. The maximum atomic E-state index is 14.2. The van der Waals surface area contributed by atoms with E-state index in [0.29, 0.717) is 18.8 Å². The van der Waals surface area contributed by atoms with E-state index in [9.17, 15) is 17.6 Å². The number of rotatable bonds is 6. The summed E-state index contributed by atoms with van der Waals surface area (Å²) in [5, 5.41) is 0. The Bertz CT molecular complexity index is 895. The predicted molar refractivity (Wildman–Crippen MR) is 119 cm³/mol. The van der Waals surface area contributed by atoms with Gasteiger partial charge in [-0.3, -0.25) is 0 Å². The molecular formula is C27H32F4O. The lowest BCUT2D eigenvalue weighted by Gasteiger charge is -2.29. The van der Waals surface area contributed by atoms with Crippen LogP contribution < -0.4 is 4.74 Å². The summed E-state index contributed by atoms with van der Waals surface area (Å²) in [6, 6.07) is 11.3. The van der Waals surface area contributed by atoms with Crippen LogP contribution in [0.25, 0.3) is 0 Å². The van der Waals surface area contributed by atoms with Crippen LogP contribution in [0.2, 0.25) is 0 Å². The van der Waals surface area contributed by atoms with E-state index in [2.05, 4.69) is 35.9 Å². The van der Waals surface area contributed by atoms with Gasteiger partial charge >= 0.3 is 6.36 Å². The molecule has 5 heteroatoms. The van der Waals surface area contributed by atoms with Crippen LogP contribution in [0.5, 0.6) is 5.75 Å². The van der Waals surface area contributed by atoms with Crippen LogP contribution in [0.4, 0.5) is 17.6 Å². The van der Waals surface area contributed by atoms with Gasteiger partial charge in [0.2, 0.25) is 0 Å². The predicted octanol–water partition coefficient (Wildman–Crippen LogP) is 8.46. The van der Waals surface area contributed by atoms with Crippen molar-refractivity contribution in [1.82, 2.24) is 0 Å². The molecule has 0 spiro atoms. The molecule has 2 aromatic carbocycles. The van der Waals surface area contributed by atoms with Crippen LogP contribution in [0.1, 0.15) is 92.4 Å². The zero-order chi connectivity index (χ0) is 22.7. The molecule has 0 N–H and O–H groups in total. The lowest BCUT2D eigenvalue weighted by Crippen LogP contribution is -2.19. The summed E-state index contributed by atoms with van der Waals surface area (Å²) in [6.07, 6.45) is 6.41. The highest BCUT2D eigenvalue weighted by Crippen LogP contribution is 2.40. The summed E-state index contributed by atoms with van der Waals surface area (Å²) in [5.74, 6) is 0.121. The van der Waals surface area contributed by atoms with Gasteiger partial charge in [-0.1, -0.05) is 50.5 Å². The third-order valence-corrected chi connectivity index (χ3v) is 7.40. The number of alkyl halides is 3. The van der Waals surface area contributed by atoms with Crippen LogP contribution in [-0.4, -0.2) is 6.36 Å². The highest BCUT2D eigenvalue weighted by molar-refractivity contribution is 5.41. The molecule has 1 saturated carbocycles. The number of ether oxygens (including phenoxy) is 1. The Morgan fingerprint density at radius 2 is 1.53 bits per heavy atom. The largest absolute Gasteiger partial charge is 0.573 e. The van der Waals surface area contributed by atoms with Crippen molar-refractivity contribution in [3.63, 3.8) is 0 Å². The van der Waals surface area contributed by atoms with Gasteiger partial charge < -0.3 is 4.74 Å². The molecule has 1 unspecified atom stereocenters. The van der Waals surface area contributed by atoms with E-state index in [1.807, 2.05) is 0 Å². The smallest absolute Gasteiger partial charge is 0.403 e. The van der Waals surface area contributed by atoms with Crippen LogP contribution in [0.15, 0.2) is 36.4 Å². The molecule has 0 bridgehead atoms. The molecule has 0 saturated heterocycles. The molecule has 0 aliphatic heterocycles. The quantitative estimate of drug-likeness (QED) is 0.403. The van der Waals surface area contributed by atoms with E-state index in [1.165, 1.54) is 68.2 Å². The Labute approximate surface area is 188 Å². The first-order chi connectivity index (χ1) is 15.3. The van der Waals surface area contributed by atoms with Crippen molar-refractivity contribution in [2.24, 2.45) is 5.92 Å². The lowest BCUT2D eigenvalue weighted by atomic mass is 9.76. The van der Waals surface area contributed by atoms with E-state index in [-0.39, 0.29) is 5.92 Å². The van der Waals surface area contributed by atoms with E-state index < -0.39 is 17.9 Å². The summed E-state index contributed by atoms with van der Waals surface area (Å²) >= 11 is 0. The van der Waals surface area contributed by atoms with Gasteiger partial charge in [0.15, 0.2) is 11.6 Å². The van der Waals surface area contributed by atoms with E-state index >= 15 is 0 Å². The van der Waals surface area contributed by atoms with Gasteiger partial charge in [0.1, 0.15) is 0 Å². The molecule has 2 aliphatic carbocycles. The number of benzene rings is 2. The molecule has 174 valence electrons. The summed E-state index contributed by atoms with van der Waals surface area (Å²) in [4.78, 5) is 0. The number of unbranched alkanes of at least 4 members (excludes halogenated alkanes) is 1. The summed E-state index contributed by atoms with van der Waals surface area (Å²) in [7, 11) is 0. The minimum absolute atomic E-state index is 0.259. The number of fused-ring (bicyclic) bond motifs is 1. The van der Waals surface area contributed by atoms with Crippen molar-refractivity contribution < 1.29 is 22.3 Å². The molecule has 2 aromatic rings. The fourth-order valence-corrected chi connectivity index (χ4v) is 5.56. The zero-order valence-electron chi connectivity index (χ0n) is 18.7. The van der Waals surface area contributed by atoms with Gasteiger partial charge in [0.05, 0.1) is 0 Å². The Balaban J connectivity index is 1.38. The summed E-state index contributed by atoms with van der Waals surface area (Å²) < 4.78 is 55.4. The molecule has 4 rings (SSSR count). The maximum absolute atomic E-state index is 14.2. The van der Waals surface area contributed by atoms with Crippen LogP contribution >= 0.6 is 0 Å². The number of aryl methyl sites for hydroxylation is 1. The van der Waals surface area contributed by atoms with Crippen molar-refractivity contribution in [2.45, 2.75) is 89.3 Å². The molecular weight excluding hydrogens is 416 g/mol. The number of hydrogen-bond acceptors (Lipinski definition) is 1. The van der Waals surface area contributed by atoms with E-state index in [1.54, 1.807) is 0 Å². The Morgan fingerprint density at radius 3 is 2.16 bits per heavy atom. The molecule has 0 amide bonds. The third-order valence-electron chi connectivity index (χ3n) is 7.40. The highest BCUT2D eigenvalue weighted by Gasteiger charge is 2.33. The van der Waals surface area contributed by atoms with Gasteiger partial charge in [-0.05, 0) is 97.1 Å². The van der Waals surface area contributed by atoms with Crippen molar-refractivity contribution >= 4 is 0 Å². The highest BCUT2D eigenvalue weighted by atomic mass is 19.4. The summed E-state index contributed by atoms with van der Waals surface area (Å²) in [5.41, 5.74) is 4.17. The second kappa shape index (κ2) is 9.84. The van der Waals surface area contributed by atoms with Gasteiger partial charge in [0, 0.05) is 0 Å². The second-order valence-corrected chi connectivity index (χ2v) is 9.57. The first kappa shape index (κ1) is 23.1. The Morgan fingerprint density at radius 1 is 0.875 bits per heavy atom. The van der Waals surface area contributed by atoms with Gasteiger partial charge in [-0.25, -0.2) is 4.39 Å². The molecule has 0 radical (unpaired) electrons. The van der Waals surface area contributed by atoms with Crippen LogP contribution in [-0.2, 0) is 12.8 Å². The maximum Gasteiger partial charge on any atom is 0.573 e. The van der Waals surface area contributed by atoms with E-state index in [0.717, 1.165) is 23.5 Å². The fraction of sp³-hybridized carbons (Fsp3) is 0.556. The number of halogens is 4. The number of hydrogen-bond donors (Lipinski definition) is 0. The van der Waals surface area contributed by atoms with Crippen LogP contribution in [0, 0.1) is 11.7 Å². The van der Waals surface area contributed by atoms with Crippen molar-refractivity contribution in [2.75, 3.05) is 0 Å². The zero-order valence-corrected chi connectivity index (χ0v) is 18.7. The first-order valence-electron chi connectivity index (χ1n) is 12.0. The van der Waals surface area contributed by atoms with Crippen molar-refractivity contribution in [1.29, 1.82) is 0 Å². The SMILES string of the molecule is CCCCC1CCC(c2ccc(C3CCc4cc(OC(F)(F)F)c(F)cc4C3)cc2)CC1. The van der Waals surface area contributed by atoms with Gasteiger partial charge in [-0.2, -0.15) is 0 Å². The van der Waals surface area contributed by atoms with Gasteiger partial charge in [-0.15, -0.1) is 13.2 Å². The normalized spacial score (nSPS) is 23.6. The molecule has 0 aromatic heterocycles. The van der Waals surface area contributed by atoms with Crippen molar-refractivity contribution in [3.05, 3.63) is 64.5 Å². The van der Waals surface area contributed by atoms with Crippen LogP contribution in [0.3, 0.4) is 0 Å². The monoisotopic (exact) mass is 448 g/mol. The van der Waals surface area contributed by atoms with Gasteiger partial charge in [0.25, 0.3) is 0 Å². The Kier molecular flexibility index (Phi) is 7.11. The van der Waals surface area contributed by atoms with Crippen molar-refractivity contribution in [3.8, 4) is 5.75 Å².